The summed E-state index contributed by atoms with van der Waals surface area (Å²) in [5, 5.41) is 11.7. The van der Waals surface area contributed by atoms with Crippen LogP contribution in [-0.2, 0) is 4.74 Å². The highest BCUT2D eigenvalue weighted by atomic mass is 32.1. The zero-order valence-corrected chi connectivity index (χ0v) is 20.0. The van der Waals surface area contributed by atoms with Crippen LogP contribution < -0.4 is 16.0 Å². The molecule has 7 nitrogen and oxygen atoms in total. The Balaban J connectivity index is 1.81. The van der Waals surface area contributed by atoms with E-state index >= 15 is 0 Å². The van der Waals surface area contributed by atoms with Crippen molar-refractivity contribution in [2.24, 2.45) is 10.9 Å². The minimum absolute atomic E-state index is 0.371. The smallest absolute Gasteiger partial charge is 0.407 e. The Morgan fingerprint density at radius 1 is 1.30 bits per heavy atom. The maximum absolute atomic E-state index is 11.7. The van der Waals surface area contributed by atoms with Crippen LogP contribution in [0.25, 0.3) is 0 Å². The van der Waals surface area contributed by atoms with Gasteiger partial charge in [-0.3, -0.25) is 9.89 Å². The Morgan fingerprint density at radius 2 is 2.07 bits per heavy atom. The fourth-order valence-corrected chi connectivity index (χ4v) is 4.69. The number of rotatable bonds is 8. The predicted octanol–water partition coefficient (Wildman–Crippen LogP) is 3.60. The third-order valence-electron chi connectivity index (χ3n) is 4.98. The molecule has 0 spiro atoms. The number of hydrogen-bond donors (Lipinski definition) is 3. The van der Waals surface area contributed by atoms with Gasteiger partial charge in [0.2, 0.25) is 0 Å². The summed E-state index contributed by atoms with van der Waals surface area (Å²) < 4.78 is 5.25. The Bertz CT molecular complexity index is 657. The summed E-state index contributed by atoms with van der Waals surface area (Å²) in [6, 6.07) is 4.83. The Morgan fingerprint density at radius 3 is 2.73 bits per heavy atom. The van der Waals surface area contributed by atoms with E-state index in [9.17, 15) is 4.79 Å². The standard InChI is InChI=1S/C22H39N5O2S/c1-6-23-20(24-12-9-13-25-21(28)29-22(2,3)4)26-16-17-10-7-14-27(5)19(17)18-11-8-15-30-18/h8,11,15,17,19H,6-7,9-10,12-14,16H2,1-5H3,(H,25,28)(H2,23,24,26). The highest BCUT2D eigenvalue weighted by Crippen LogP contribution is 2.37. The van der Waals surface area contributed by atoms with Crippen LogP contribution in [0.3, 0.4) is 0 Å². The van der Waals surface area contributed by atoms with Gasteiger partial charge < -0.3 is 20.7 Å². The molecule has 1 aromatic rings. The molecule has 0 saturated carbocycles. The first-order chi connectivity index (χ1) is 14.3. The van der Waals surface area contributed by atoms with Crippen LogP contribution in [0.1, 0.15) is 57.9 Å². The van der Waals surface area contributed by atoms with E-state index in [0.717, 1.165) is 38.6 Å². The molecule has 30 heavy (non-hydrogen) atoms. The maximum Gasteiger partial charge on any atom is 0.407 e. The molecule has 8 heteroatoms. The number of ether oxygens (including phenoxy) is 1. The number of hydrogen-bond acceptors (Lipinski definition) is 5. The zero-order chi connectivity index (χ0) is 22.0. The van der Waals surface area contributed by atoms with Gasteiger partial charge in [-0.1, -0.05) is 6.07 Å². The first-order valence-electron chi connectivity index (χ1n) is 11.0. The van der Waals surface area contributed by atoms with Gasteiger partial charge in [0.25, 0.3) is 0 Å². The van der Waals surface area contributed by atoms with Crippen molar-refractivity contribution in [2.75, 3.05) is 39.8 Å². The van der Waals surface area contributed by atoms with Crippen LogP contribution in [0.4, 0.5) is 4.79 Å². The van der Waals surface area contributed by atoms with Crippen LogP contribution in [0.15, 0.2) is 22.5 Å². The Labute approximate surface area is 185 Å². The molecule has 1 amide bonds. The number of nitrogens with one attached hydrogen (secondary N) is 3. The van der Waals surface area contributed by atoms with Crippen LogP contribution in [0, 0.1) is 5.92 Å². The monoisotopic (exact) mass is 437 g/mol. The van der Waals surface area contributed by atoms with E-state index in [1.165, 1.54) is 17.7 Å². The molecule has 1 aliphatic heterocycles. The molecule has 2 heterocycles. The second-order valence-electron chi connectivity index (χ2n) is 8.77. The van der Waals surface area contributed by atoms with Crippen molar-refractivity contribution in [3.05, 3.63) is 22.4 Å². The van der Waals surface area contributed by atoms with E-state index < -0.39 is 5.60 Å². The second kappa shape index (κ2) is 12.2. The Hall–Kier alpha value is -1.80. The number of guanidine groups is 1. The van der Waals surface area contributed by atoms with E-state index in [1.807, 2.05) is 32.1 Å². The molecule has 3 N–H and O–H groups in total. The second-order valence-corrected chi connectivity index (χ2v) is 9.75. The van der Waals surface area contributed by atoms with Gasteiger partial charge in [-0.2, -0.15) is 0 Å². The van der Waals surface area contributed by atoms with E-state index in [4.69, 9.17) is 9.73 Å². The summed E-state index contributed by atoms with van der Waals surface area (Å²) in [5.41, 5.74) is -0.471. The molecule has 2 unspecified atom stereocenters. The molecule has 170 valence electrons. The highest BCUT2D eigenvalue weighted by Gasteiger charge is 2.31. The lowest BCUT2D eigenvalue weighted by molar-refractivity contribution is 0.0527. The minimum Gasteiger partial charge on any atom is -0.444 e. The number of amides is 1. The topological polar surface area (TPSA) is 78.0 Å². The molecule has 0 radical (unpaired) electrons. The van der Waals surface area contributed by atoms with Gasteiger partial charge in [0, 0.05) is 37.1 Å². The third-order valence-corrected chi connectivity index (χ3v) is 5.93. The molecule has 0 bridgehead atoms. The number of carbonyl (C=O) groups excluding carboxylic acids is 1. The van der Waals surface area contributed by atoms with Crippen molar-refractivity contribution in [1.29, 1.82) is 0 Å². The highest BCUT2D eigenvalue weighted by molar-refractivity contribution is 7.10. The first-order valence-corrected chi connectivity index (χ1v) is 11.9. The van der Waals surface area contributed by atoms with Crippen LogP contribution in [0.2, 0.25) is 0 Å². The molecule has 1 fully saturated rings. The van der Waals surface area contributed by atoms with Crippen molar-refractivity contribution in [2.45, 2.75) is 58.6 Å². The molecule has 2 rings (SSSR count). The summed E-state index contributed by atoms with van der Waals surface area (Å²) in [7, 11) is 2.22. The number of likely N-dealkylation sites (tertiary alicyclic amines) is 1. The van der Waals surface area contributed by atoms with Gasteiger partial charge in [0.05, 0.1) is 0 Å². The number of alkyl carbamates (subject to hydrolysis) is 1. The molecule has 2 atom stereocenters. The summed E-state index contributed by atoms with van der Waals surface area (Å²) in [5.74, 6) is 1.36. The van der Waals surface area contributed by atoms with Crippen LogP contribution in [-0.4, -0.2) is 62.3 Å². The Kier molecular flexibility index (Phi) is 9.91. The van der Waals surface area contributed by atoms with Crippen molar-refractivity contribution in [3.63, 3.8) is 0 Å². The normalized spacial score (nSPS) is 20.6. The lowest BCUT2D eigenvalue weighted by Gasteiger charge is -2.38. The average molecular weight is 438 g/mol. The lowest BCUT2D eigenvalue weighted by atomic mass is 9.88. The van der Waals surface area contributed by atoms with E-state index in [-0.39, 0.29) is 6.09 Å². The molecule has 1 saturated heterocycles. The summed E-state index contributed by atoms with van der Waals surface area (Å²) in [4.78, 5) is 20.5. The van der Waals surface area contributed by atoms with Gasteiger partial charge >= 0.3 is 6.09 Å². The molecular weight excluding hydrogens is 398 g/mol. The van der Waals surface area contributed by atoms with Gasteiger partial charge in [-0.15, -0.1) is 11.3 Å². The van der Waals surface area contributed by atoms with Gasteiger partial charge in [0.1, 0.15) is 5.60 Å². The van der Waals surface area contributed by atoms with Crippen molar-refractivity contribution < 1.29 is 9.53 Å². The summed E-state index contributed by atoms with van der Waals surface area (Å²) in [6.45, 7) is 11.7. The van der Waals surface area contributed by atoms with Gasteiger partial charge in [-0.05, 0) is 77.9 Å². The van der Waals surface area contributed by atoms with Gasteiger partial charge in [0.15, 0.2) is 5.96 Å². The van der Waals surface area contributed by atoms with Crippen molar-refractivity contribution in [1.82, 2.24) is 20.9 Å². The van der Waals surface area contributed by atoms with Crippen molar-refractivity contribution >= 4 is 23.4 Å². The number of nitrogens with zero attached hydrogens (tertiary/aromatic N) is 2. The first kappa shape index (κ1) is 24.5. The summed E-state index contributed by atoms with van der Waals surface area (Å²) in [6.07, 6.45) is 2.85. The van der Waals surface area contributed by atoms with E-state index in [0.29, 0.717) is 18.5 Å². The predicted molar refractivity (Wildman–Crippen MR) is 125 cm³/mol. The molecule has 1 aromatic heterocycles. The third kappa shape index (κ3) is 8.52. The quantitative estimate of drug-likeness (QED) is 0.329. The van der Waals surface area contributed by atoms with E-state index in [2.05, 4.69) is 52.3 Å². The van der Waals surface area contributed by atoms with Crippen LogP contribution in [0.5, 0.6) is 0 Å². The van der Waals surface area contributed by atoms with Gasteiger partial charge in [-0.25, -0.2) is 4.79 Å². The average Bonchev–Trinajstić information content (AvgIpc) is 3.18. The number of aliphatic imine (C=N–C) groups is 1. The zero-order valence-electron chi connectivity index (χ0n) is 19.2. The maximum atomic E-state index is 11.7. The SMILES string of the molecule is CCNC(=NCC1CCCN(C)C1c1cccs1)NCCCNC(=O)OC(C)(C)C. The fourth-order valence-electron chi connectivity index (χ4n) is 3.71. The fraction of sp³-hybridized carbons (Fsp3) is 0.727. The lowest BCUT2D eigenvalue weighted by Crippen LogP contribution is -2.41. The van der Waals surface area contributed by atoms with Crippen molar-refractivity contribution in [3.8, 4) is 0 Å². The molecule has 0 aliphatic carbocycles. The van der Waals surface area contributed by atoms with Crippen LogP contribution >= 0.6 is 11.3 Å². The number of carbonyl (C=O) groups is 1. The molecular formula is C22H39N5O2S. The minimum atomic E-state index is -0.471. The largest absolute Gasteiger partial charge is 0.444 e. The van der Waals surface area contributed by atoms with E-state index in [1.54, 1.807) is 0 Å². The number of thiophene rings is 1. The molecule has 1 aliphatic rings. The molecule has 0 aromatic carbocycles. The summed E-state index contributed by atoms with van der Waals surface area (Å²) >= 11 is 1.84. The number of piperidine rings is 1.